The summed E-state index contributed by atoms with van der Waals surface area (Å²) in [5.41, 5.74) is 4.30. The predicted molar refractivity (Wildman–Crippen MR) is 102 cm³/mol. The number of fused-ring (bicyclic) bond motifs is 2. The van der Waals surface area contributed by atoms with Gasteiger partial charge in [-0.3, -0.25) is 0 Å². The van der Waals surface area contributed by atoms with Crippen molar-refractivity contribution in [2.75, 3.05) is 13.2 Å². The van der Waals surface area contributed by atoms with Crippen LogP contribution in [-0.2, 0) is 6.54 Å². The van der Waals surface area contributed by atoms with E-state index in [9.17, 15) is 0 Å². The second kappa shape index (κ2) is 6.23. The number of aromatic nitrogens is 2. The van der Waals surface area contributed by atoms with Crippen LogP contribution in [0.4, 0.5) is 0 Å². The Morgan fingerprint density at radius 3 is 2.19 bits per heavy atom. The average molecular weight is 342 g/mol. The van der Waals surface area contributed by atoms with E-state index in [-0.39, 0.29) is 0 Å². The highest BCUT2D eigenvalue weighted by Crippen LogP contribution is 2.36. The van der Waals surface area contributed by atoms with E-state index in [1.807, 2.05) is 36.4 Å². The molecule has 4 nitrogen and oxygen atoms in total. The Morgan fingerprint density at radius 1 is 0.808 bits per heavy atom. The number of benzene rings is 3. The van der Waals surface area contributed by atoms with E-state index >= 15 is 0 Å². The summed E-state index contributed by atoms with van der Waals surface area (Å²) in [5, 5.41) is 0. The van der Waals surface area contributed by atoms with Gasteiger partial charge in [0.15, 0.2) is 11.5 Å². The van der Waals surface area contributed by atoms with Crippen molar-refractivity contribution in [3.63, 3.8) is 0 Å². The van der Waals surface area contributed by atoms with Crippen LogP contribution in [-0.4, -0.2) is 22.8 Å². The molecule has 4 heteroatoms. The Kier molecular flexibility index (Phi) is 3.60. The molecular formula is C22H18N2O2. The van der Waals surface area contributed by atoms with Crippen molar-refractivity contribution in [1.82, 2.24) is 9.55 Å². The van der Waals surface area contributed by atoms with Crippen LogP contribution in [0.2, 0.25) is 0 Å². The lowest BCUT2D eigenvalue weighted by Gasteiger charge is -2.18. The molecule has 5 rings (SSSR count). The highest BCUT2D eigenvalue weighted by molar-refractivity contribution is 5.84. The van der Waals surface area contributed by atoms with Gasteiger partial charge in [-0.05, 0) is 5.56 Å². The number of nitrogens with zero attached hydrogens (tertiary/aromatic N) is 2. The van der Waals surface area contributed by atoms with Gasteiger partial charge in [0, 0.05) is 24.2 Å². The summed E-state index contributed by atoms with van der Waals surface area (Å²) in [5.74, 6) is 2.51. The Hall–Kier alpha value is -3.27. The maximum absolute atomic E-state index is 5.79. The molecular weight excluding hydrogens is 324 g/mol. The minimum atomic E-state index is 0.578. The third-order valence-corrected chi connectivity index (χ3v) is 4.63. The molecule has 0 saturated carbocycles. The maximum atomic E-state index is 5.79. The van der Waals surface area contributed by atoms with Gasteiger partial charge in [0.1, 0.15) is 19.0 Å². The lowest BCUT2D eigenvalue weighted by Crippen LogP contribution is -2.15. The fraction of sp³-hybridized carbons (Fsp3) is 0.136. The molecule has 1 aromatic heterocycles. The number of hydrogen-bond donors (Lipinski definition) is 0. The van der Waals surface area contributed by atoms with Crippen molar-refractivity contribution in [2.45, 2.75) is 6.54 Å². The number of rotatable bonds is 3. The normalized spacial score (nSPS) is 13.1. The van der Waals surface area contributed by atoms with E-state index in [1.54, 1.807) is 0 Å². The van der Waals surface area contributed by atoms with E-state index < -0.39 is 0 Å². The molecule has 0 radical (unpaired) electrons. The standard InChI is InChI=1S/C22H18N2O2/c1-3-7-16(8-4-1)15-24-19-14-21-20(25-11-12-26-21)13-18(19)23-22(24)17-9-5-2-6-10-17/h1-10,13-14H,11-12,15H2. The molecule has 128 valence electrons. The largest absolute Gasteiger partial charge is 0.486 e. The Balaban J connectivity index is 1.72. The van der Waals surface area contributed by atoms with Crippen molar-refractivity contribution >= 4 is 11.0 Å². The Morgan fingerprint density at radius 2 is 1.46 bits per heavy atom. The fourth-order valence-electron chi connectivity index (χ4n) is 3.40. The average Bonchev–Trinajstić information content (AvgIpc) is 3.05. The number of imidazole rings is 1. The molecule has 0 fully saturated rings. The molecule has 1 aliphatic heterocycles. The first-order chi connectivity index (χ1) is 12.9. The lowest BCUT2D eigenvalue weighted by atomic mass is 10.2. The molecule has 0 spiro atoms. The van der Waals surface area contributed by atoms with Gasteiger partial charge in [-0.25, -0.2) is 4.98 Å². The zero-order valence-electron chi connectivity index (χ0n) is 14.3. The highest BCUT2D eigenvalue weighted by atomic mass is 16.6. The molecule has 0 saturated heterocycles. The van der Waals surface area contributed by atoms with Gasteiger partial charge < -0.3 is 14.0 Å². The van der Waals surface area contributed by atoms with Crippen LogP contribution < -0.4 is 9.47 Å². The summed E-state index contributed by atoms with van der Waals surface area (Å²) in [4.78, 5) is 4.91. The van der Waals surface area contributed by atoms with Gasteiger partial charge in [-0.1, -0.05) is 60.7 Å². The minimum Gasteiger partial charge on any atom is -0.486 e. The summed E-state index contributed by atoms with van der Waals surface area (Å²) in [6.45, 7) is 1.91. The van der Waals surface area contributed by atoms with Crippen LogP contribution in [0.15, 0.2) is 72.8 Å². The van der Waals surface area contributed by atoms with Crippen LogP contribution in [0.3, 0.4) is 0 Å². The van der Waals surface area contributed by atoms with E-state index in [4.69, 9.17) is 14.5 Å². The summed E-state index contributed by atoms with van der Waals surface area (Å²) >= 11 is 0. The van der Waals surface area contributed by atoms with Crippen LogP contribution in [0.25, 0.3) is 22.4 Å². The monoisotopic (exact) mass is 342 g/mol. The zero-order chi connectivity index (χ0) is 17.3. The van der Waals surface area contributed by atoms with Crippen LogP contribution >= 0.6 is 0 Å². The van der Waals surface area contributed by atoms with E-state index in [0.29, 0.717) is 13.2 Å². The first-order valence-corrected chi connectivity index (χ1v) is 8.78. The first kappa shape index (κ1) is 15.0. The zero-order valence-corrected chi connectivity index (χ0v) is 14.3. The molecule has 0 aliphatic carbocycles. The van der Waals surface area contributed by atoms with Gasteiger partial charge in [-0.15, -0.1) is 0 Å². The molecule has 0 atom stereocenters. The molecule has 3 aromatic carbocycles. The lowest BCUT2D eigenvalue weighted by molar-refractivity contribution is 0.172. The molecule has 0 bridgehead atoms. The summed E-state index contributed by atoms with van der Waals surface area (Å²) in [7, 11) is 0. The van der Waals surface area contributed by atoms with Crippen molar-refractivity contribution in [3.05, 3.63) is 78.4 Å². The van der Waals surface area contributed by atoms with E-state index in [2.05, 4.69) is 41.0 Å². The summed E-state index contributed by atoms with van der Waals surface area (Å²) < 4.78 is 13.8. The van der Waals surface area contributed by atoms with E-state index in [1.165, 1.54) is 5.56 Å². The number of ether oxygens (including phenoxy) is 2. The van der Waals surface area contributed by atoms with Crippen LogP contribution in [0.1, 0.15) is 5.56 Å². The first-order valence-electron chi connectivity index (χ1n) is 8.78. The van der Waals surface area contributed by atoms with Gasteiger partial charge >= 0.3 is 0 Å². The Bertz CT molecular complexity index is 1060. The van der Waals surface area contributed by atoms with Gasteiger partial charge in [0.05, 0.1) is 11.0 Å². The SMILES string of the molecule is c1ccc(Cn2c(-c3ccccc3)nc3cc4c(cc32)OCCO4)cc1. The van der Waals surface area contributed by atoms with Crippen LogP contribution in [0.5, 0.6) is 11.5 Å². The van der Waals surface area contributed by atoms with Gasteiger partial charge in [-0.2, -0.15) is 0 Å². The summed E-state index contributed by atoms with van der Waals surface area (Å²) in [6.07, 6.45) is 0. The molecule has 26 heavy (non-hydrogen) atoms. The molecule has 0 unspecified atom stereocenters. The predicted octanol–water partition coefficient (Wildman–Crippen LogP) is 4.52. The van der Waals surface area contributed by atoms with Crippen molar-refractivity contribution in [2.24, 2.45) is 0 Å². The number of hydrogen-bond acceptors (Lipinski definition) is 3. The van der Waals surface area contributed by atoms with Gasteiger partial charge in [0.25, 0.3) is 0 Å². The summed E-state index contributed by atoms with van der Waals surface area (Å²) in [6, 6.07) is 24.8. The van der Waals surface area contributed by atoms with Crippen molar-refractivity contribution < 1.29 is 9.47 Å². The van der Waals surface area contributed by atoms with Crippen LogP contribution in [0, 0.1) is 0 Å². The molecule has 4 aromatic rings. The topological polar surface area (TPSA) is 36.3 Å². The molecule has 0 amide bonds. The smallest absolute Gasteiger partial charge is 0.163 e. The Labute approximate surface area is 151 Å². The third-order valence-electron chi connectivity index (χ3n) is 4.63. The third kappa shape index (κ3) is 2.60. The maximum Gasteiger partial charge on any atom is 0.163 e. The molecule has 1 aliphatic rings. The second-order valence-corrected chi connectivity index (χ2v) is 6.36. The molecule has 2 heterocycles. The molecule has 0 N–H and O–H groups in total. The van der Waals surface area contributed by atoms with Crippen molar-refractivity contribution in [1.29, 1.82) is 0 Å². The minimum absolute atomic E-state index is 0.578. The quantitative estimate of drug-likeness (QED) is 0.549. The van der Waals surface area contributed by atoms with Crippen molar-refractivity contribution in [3.8, 4) is 22.9 Å². The highest BCUT2D eigenvalue weighted by Gasteiger charge is 2.19. The van der Waals surface area contributed by atoms with E-state index in [0.717, 1.165) is 40.5 Å². The van der Waals surface area contributed by atoms with Gasteiger partial charge in [0.2, 0.25) is 0 Å². The fourth-order valence-corrected chi connectivity index (χ4v) is 3.40. The second-order valence-electron chi connectivity index (χ2n) is 6.36.